The second-order valence-electron chi connectivity index (χ2n) is 5.60. The molecule has 1 fully saturated rings. The molecule has 0 saturated heterocycles. The molecular weight excluding hydrogens is 204 g/mol. The van der Waals surface area contributed by atoms with Crippen molar-refractivity contribution in [2.24, 2.45) is 0 Å². The Morgan fingerprint density at radius 2 is 2.13 bits per heavy atom. The largest absolute Gasteiger partial charge is 0.319 e. The molecule has 0 spiro atoms. The van der Waals surface area contributed by atoms with Crippen LogP contribution < -0.4 is 5.32 Å². The number of aromatic nitrogens is 1. The van der Waals surface area contributed by atoms with Crippen LogP contribution in [-0.2, 0) is 10.8 Å². The van der Waals surface area contributed by atoms with E-state index in [1.54, 1.807) is 0 Å². The lowest BCUT2D eigenvalue weighted by atomic mass is 9.93. The Bertz CT molecular complexity index is 345. The summed E-state index contributed by atoms with van der Waals surface area (Å²) < 4.78 is 0. The van der Waals surface area contributed by atoms with Crippen LogP contribution in [0.3, 0.4) is 0 Å². The quantitative estimate of drug-likeness (QED) is 0.854. The third-order valence-corrected chi connectivity index (χ3v) is 4.18. The standard InChI is InChI=1S/C12H20N2S/c1-11(2,3)9-7-15-10(14-9)12(5-6-12)8-13-4/h7,13H,5-6,8H2,1-4H3. The highest BCUT2D eigenvalue weighted by Gasteiger charge is 2.46. The molecule has 3 heteroatoms. The van der Waals surface area contributed by atoms with Gasteiger partial charge in [-0.2, -0.15) is 0 Å². The molecule has 1 heterocycles. The Morgan fingerprint density at radius 3 is 2.53 bits per heavy atom. The summed E-state index contributed by atoms with van der Waals surface area (Å²) in [5.41, 5.74) is 1.80. The molecule has 1 aliphatic rings. The molecule has 0 aromatic carbocycles. The Kier molecular flexibility index (Phi) is 2.63. The zero-order chi connectivity index (χ0) is 11.1. The molecule has 15 heavy (non-hydrogen) atoms. The molecule has 1 N–H and O–H groups in total. The van der Waals surface area contributed by atoms with E-state index in [1.807, 2.05) is 18.4 Å². The number of thiazole rings is 1. The van der Waals surface area contributed by atoms with Crippen LogP contribution in [0.1, 0.15) is 44.3 Å². The van der Waals surface area contributed by atoms with E-state index < -0.39 is 0 Å². The second-order valence-corrected chi connectivity index (χ2v) is 6.46. The minimum absolute atomic E-state index is 0.185. The van der Waals surface area contributed by atoms with Gasteiger partial charge in [-0.05, 0) is 19.9 Å². The normalized spacial score (nSPS) is 19.2. The Hall–Kier alpha value is -0.410. The van der Waals surface area contributed by atoms with Crippen molar-refractivity contribution in [1.82, 2.24) is 10.3 Å². The summed E-state index contributed by atoms with van der Waals surface area (Å²) in [7, 11) is 2.03. The number of likely N-dealkylation sites (N-methyl/N-ethyl adjacent to an activating group) is 1. The zero-order valence-corrected chi connectivity index (χ0v) is 10.9. The van der Waals surface area contributed by atoms with Gasteiger partial charge in [-0.3, -0.25) is 0 Å². The number of nitrogens with zero attached hydrogens (tertiary/aromatic N) is 1. The van der Waals surface area contributed by atoms with Gasteiger partial charge in [0, 0.05) is 22.8 Å². The molecule has 0 unspecified atom stereocenters. The van der Waals surface area contributed by atoms with Crippen molar-refractivity contribution < 1.29 is 0 Å². The third kappa shape index (κ3) is 2.08. The molecule has 1 aromatic rings. The number of hydrogen-bond acceptors (Lipinski definition) is 3. The lowest BCUT2D eigenvalue weighted by molar-refractivity contribution is 0.560. The number of rotatable bonds is 3. The fourth-order valence-electron chi connectivity index (χ4n) is 1.82. The van der Waals surface area contributed by atoms with E-state index in [-0.39, 0.29) is 5.41 Å². The topological polar surface area (TPSA) is 24.9 Å². The lowest BCUT2D eigenvalue weighted by Crippen LogP contribution is -2.23. The SMILES string of the molecule is CNCC1(c2nc(C(C)(C)C)cs2)CC1. The first-order chi connectivity index (χ1) is 6.98. The van der Waals surface area contributed by atoms with Crippen LogP contribution >= 0.6 is 11.3 Å². The van der Waals surface area contributed by atoms with Crippen molar-refractivity contribution in [3.8, 4) is 0 Å². The van der Waals surface area contributed by atoms with Gasteiger partial charge >= 0.3 is 0 Å². The highest BCUT2D eigenvalue weighted by Crippen LogP contribution is 2.49. The first-order valence-corrected chi connectivity index (χ1v) is 6.47. The third-order valence-electron chi connectivity index (χ3n) is 3.10. The average molecular weight is 224 g/mol. The molecule has 0 amide bonds. The summed E-state index contributed by atoms with van der Waals surface area (Å²) in [4.78, 5) is 4.81. The van der Waals surface area contributed by atoms with Gasteiger partial charge in [-0.1, -0.05) is 20.8 Å². The minimum atomic E-state index is 0.185. The van der Waals surface area contributed by atoms with Gasteiger partial charge in [0.25, 0.3) is 0 Å². The fraction of sp³-hybridized carbons (Fsp3) is 0.750. The molecule has 1 aromatic heterocycles. The Labute approximate surface area is 96.1 Å². The van der Waals surface area contributed by atoms with Crippen LogP contribution in [0.4, 0.5) is 0 Å². The lowest BCUT2D eigenvalue weighted by Gasteiger charge is -2.15. The van der Waals surface area contributed by atoms with E-state index in [0.717, 1.165) is 6.54 Å². The van der Waals surface area contributed by atoms with Crippen LogP contribution in [0.5, 0.6) is 0 Å². The molecule has 0 radical (unpaired) electrons. The monoisotopic (exact) mass is 224 g/mol. The first-order valence-electron chi connectivity index (χ1n) is 5.59. The van der Waals surface area contributed by atoms with Gasteiger partial charge in [0.05, 0.1) is 5.69 Å². The van der Waals surface area contributed by atoms with E-state index in [0.29, 0.717) is 5.41 Å². The van der Waals surface area contributed by atoms with Crippen LogP contribution in [0, 0.1) is 0 Å². The smallest absolute Gasteiger partial charge is 0.100 e. The van der Waals surface area contributed by atoms with E-state index >= 15 is 0 Å². The van der Waals surface area contributed by atoms with Gasteiger partial charge in [0.15, 0.2) is 0 Å². The molecule has 0 bridgehead atoms. The van der Waals surface area contributed by atoms with Crippen LogP contribution in [0.2, 0.25) is 0 Å². The Morgan fingerprint density at radius 1 is 1.47 bits per heavy atom. The molecule has 0 aliphatic heterocycles. The van der Waals surface area contributed by atoms with Crippen molar-refractivity contribution in [2.75, 3.05) is 13.6 Å². The van der Waals surface area contributed by atoms with Crippen LogP contribution in [0.25, 0.3) is 0 Å². The van der Waals surface area contributed by atoms with Gasteiger partial charge in [0.1, 0.15) is 5.01 Å². The van der Waals surface area contributed by atoms with Crippen molar-refractivity contribution in [3.05, 3.63) is 16.1 Å². The predicted molar refractivity (Wildman–Crippen MR) is 65.7 cm³/mol. The zero-order valence-electron chi connectivity index (χ0n) is 10.1. The van der Waals surface area contributed by atoms with E-state index in [4.69, 9.17) is 4.98 Å². The minimum Gasteiger partial charge on any atom is -0.319 e. The number of nitrogens with one attached hydrogen (secondary N) is 1. The van der Waals surface area contributed by atoms with Crippen molar-refractivity contribution in [3.63, 3.8) is 0 Å². The first kappa shape index (κ1) is 11.1. The highest BCUT2D eigenvalue weighted by molar-refractivity contribution is 7.09. The summed E-state index contributed by atoms with van der Waals surface area (Å²) >= 11 is 1.83. The van der Waals surface area contributed by atoms with E-state index in [2.05, 4.69) is 31.5 Å². The summed E-state index contributed by atoms with van der Waals surface area (Å²) in [5, 5.41) is 6.85. The van der Waals surface area contributed by atoms with Gasteiger partial charge in [0.2, 0.25) is 0 Å². The maximum absolute atomic E-state index is 4.81. The van der Waals surface area contributed by atoms with Crippen LogP contribution in [0.15, 0.2) is 5.38 Å². The highest BCUT2D eigenvalue weighted by atomic mass is 32.1. The van der Waals surface area contributed by atoms with E-state index in [1.165, 1.54) is 23.5 Å². The molecular formula is C12H20N2S. The van der Waals surface area contributed by atoms with Crippen LogP contribution in [-0.4, -0.2) is 18.6 Å². The second kappa shape index (κ2) is 3.56. The van der Waals surface area contributed by atoms with Gasteiger partial charge in [-0.15, -0.1) is 11.3 Å². The van der Waals surface area contributed by atoms with Gasteiger partial charge < -0.3 is 5.32 Å². The maximum atomic E-state index is 4.81. The Balaban J connectivity index is 2.21. The molecule has 1 saturated carbocycles. The molecule has 2 rings (SSSR count). The number of hydrogen-bond donors (Lipinski definition) is 1. The van der Waals surface area contributed by atoms with Crippen molar-refractivity contribution in [2.45, 2.75) is 44.4 Å². The summed E-state index contributed by atoms with van der Waals surface area (Å²) in [6.45, 7) is 7.75. The maximum Gasteiger partial charge on any atom is 0.100 e. The summed E-state index contributed by atoms with van der Waals surface area (Å²) in [5.74, 6) is 0. The molecule has 1 aliphatic carbocycles. The predicted octanol–water partition coefficient (Wildman–Crippen LogP) is 2.69. The fourth-order valence-corrected chi connectivity index (χ4v) is 3.12. The molecule has 2 nitrogen and oxygen atoms in total. The molecule has 84 valence electrons. The van der Waals surface area contributed by atoms with E-state index in [9.17, 15) is 0 Å². The average Bonchev–Trinajstić information content (AvgIpc) is 2.75. The van der Waals surface area contributed by atoms with Gasteiger partial charge in [-0.25, -0.2) is 4.98 Å². The molecule has 0 atom stereocenters. The van der Waals surface area contributed by atoms with Crippen molar-refractivity contribution >= 4 is 11.3 Å². The van der Waals surface area contributed by atoms with Crippen molar-refractivity contribution in [1.29, 1.82) is 0 Å². The summed E-state index contributed by atoms with van der Waals surface area (Å²) in [6, 6.07) is 0. The summed E-state index contributed by atoms with van der Waals surface area (Å²) in [6.07, 6.45) is 2.59.